The van der Waals surface area contributed by atoms with Crippen LogP contribution in [0.5, 0.6) is 0 Å². The summed E-state index contributed by atoms with van der Waals surface area (Å²) in [5.74, 6) is 0.739. The van der Waals surface area contributed by atoms with E-state index in [1.807, 2.05) is 0 Å². The first-order valence-electron chi connectivity index (χ1n) is 6.93. The van der Waals surface area contributed by atoms with Gasteiger partial charge in [-0.3, -0.25) is 4.79 Å². The van der Waals surface area contributed by atoms with Crippen LogP contribution >= 0.6 is 0 Å². The average molecular weight is 240 g/mol. The van der Waals surface area contributed by atoms with Crippen molar-refractivity contribution >= 4 is 5.91 Å². The lowest BCUT2D eigenvalue weighted by molar-refractivity contribution is -0.122. The van der Waals surface area contributed by atoms with Crippen LogP contribution in [0.25, 0.3) is 0 Å². The van der Waals surface area contributed by atoms with E-state index < -0.39 is 0 Å². The standard InChI is InChI=1S/C13H24N2O2/c16-13(9-11-3-1-6-14-10-11)15-7-5-12-4-2-8-17-12/h11-12,14H,1-10H2,(H,15,16). The minimum atomic E-state index is 0.205. The number of hydrogen-bond acceptors (Lipinski definition) is 3. The lowest BCUT2D eigenvalue weighted by Crippen LogP contribution is -2.35. The van der Waals surface area contributed by atoms with Gasteiger partial charge >= 0.3 is 0 Å². The molecule has 17 heavy (non-hydrogen) atoms. The minimum Gasteiger partial charge on any atom is -0.378 e. The molecule has 98 valence electrons. The maximum Gasteiger partial charge on any atom is 0.220 e. The Hall–Kier alpha value is -0.610. The van der Waals surface area contributed by atoms with Gasteiger partial charge in [0, 0.05) is 19.6 Å². The van der Waals surface area contributed by atoms with E-state index in [9.17, 15) is 4.79 Å². The highest BCUT2D eigenvalue weighted by molar-refractivity contribution is 5.76. The van der Waals surface area contributed by atoms with Crippen LogP contribution in [-0.2, 0) is 9.53 Å². The summed E-state index contributed by atoms with van der Waals surface area (Å²) in [4.78, 5) is 11.7. The first kappa shape index (κ1) is 12.8. The summed E-state index contributed by atoms with van der Waals surface area (Å²) in [6.45, 7) is 3.77. The Balaban J connectivity index is 1.53. The molecule has 0 aromatic carbocycles. The van der Waals surface area contributed by atoms with Gasteiger partial charge in [-0.05, 0) is 51.1 Å². The largest absolute Gasteiger partial charge is 0.378 e. The van der Waals surface area contributed by atoms with Crippen LogP contribution in [0.4, 0.5) is 0 Å². The predicted octanol–water partition coefficient (Wildman–Crippen LogP) is 1.06. The number of carbonyl (C=O) groups is 1. The second kappa shape index (κ2) is 6.97. The quantitative estimate of drug-likeness (QED) is 0.755. The van der Waals surface area contributed by atoms with Gasteiger partial charge in [0.1, 0.15) is 0 Å². The van der Waals surface area contributed by atoms with Gasteiger partial charge in [0.05, 0.1) is 6.10 Å². The summed E-state index contributed by atoms with van der Waals surface area (Å²) < 4.78 is 5.52. The van der Waals surface area contributed by atoms with Crippen LogP contribution in [0.2, 0.25) is 0 Å². The molecule has 2 N–H and O–H groups in total. The van der Waals surface area contributed by atoms with Crippen LogP contribution in [-0.4, -0.2) is 38.3 Å². The number of amides is 1. The second-order valence-electron chi connectivity index (χ2n) is 5.19. The first-order valence-corrected chi connectivity index (χ1v) is 6.93. The molecule has 2 fully saturated rings. The van der Waals surface area contributed by atoms with Gasteiger partial charge in [-0.15, -0.1) is 0 Å². The van der Waals surface area contributed by atoms with Crippen molar-refractivity contribution in [3.05, 3.63) is 0 Å². The average Bonchev–Trinajstić information content (AvgIpc) is 2.83. The molecule has 2 aliphatic rings. The van der Waals surface area contributed by atoms with Crippen LogP contribution < -0.4 is 10.6 Å². The molecule has 2 heterocycles. The number of hydrogen-bond donors (Lipinski definition) is 2. The monoisotopic (exact) mass is 240 g/mol. The zero-order chi connectivity index (χ0) is 11.9. The molecule has 2 rings (SSSR count). The normalized spacial score (nSPS) is 29.2. The molecular formula is C13H24N2O2. The molecule has 2 aliphatic heterocycles. The number of carbonyl (C=O) groups excluding carboxylic acids is 1. The third-order valence-electron chi connectivity index (χ3n) is 3.69. The van der Waals surface area contributed by atoms with Crippen LogP contribution in [0.15, 0.2) is 0 Å². The molecule has 0 aromatic heterocycles. The minimum absolute atomic E-state index is 0.205. The SMILES string of the molecule is O=C(CC1CCCNC1)NCCC1CCCO1. The molecule has 0 aliphatic carbocycles. The summed E-state index contributed by atoms with van der Waals surface area (Å²) in [7, 11) is 0. The Labute approximate surface area is 103 Å². The fourth-order valence-corrected chi connectivity index (χ4v) is 2.68. The Kier molecular flexibility index (Phi) is 5.26. The summed E-state index contributed by atoms with van der Waals surface area (Å²) >= 11 is 0. The van der Waals surface area contributed by atoms with E-state index in [1.165, 1.54) is 19.3 Å². The fourth-order valence-electron chi connectivity index (χ4n) is 2.68. The number of piperidine rings is 1. The number of ether oxygens (including phenoxy) is 1. The molecule has 0 saturated carbocycles. The second-order valence-corrected chi connectivity index (χ2v) is 5.19. The molecule has 2 unspecified atom stereocenters. The molecule has 0 spiro atoms. The molecule has 0 aromatic rings. The molecule has 2 saturated heterocycles. The van der Waals surface area contributed by atoms with E-state index in [2.05, 4.69) is 10.6 Å². The van der Waals surface area contributed by atoms with Gasteiger partial charge in [-0.25, -0.2) is 0 Å². The van der Waals surface area contributed by atoms with Crippen molar-refractivity contribution in [1.29, 1.82) is 0 Å². The highest BCUT2D eigenvalue weighted by atomic mass is 16.5. The molecule has 4 heteroatoms. The third kappa shape index (κ3) is 4.64. The summed E-state index contributed by atoms with van der Waals surface area (Å²) in [6.07, 6.45) is 6.74. The molecule has 1 amide bonds. The summed E-state index contributed by atoms with van der Waals surface area (Å²) in [5.41, 5.74) is 0. The van der Waals surface area contributed by atoms with Crippen molar-refractivity contribution in [1.82, 2.24) is 10.6 Å². The molecule has 0 bridgehead atoms. The Morgan fingerprint density at radius 3 is 3.00 bits per heavy atom. The van der Waals surface area contributed by atoms with Gasteiger partial charge in [0.15, 0.2) is 0 Å². The van der Waals surface area contributed by atoms with E-state index in [0.717, 1.165) is 39.1 Å². The summed E-state index contributed by atoms with van der Waals surface area (Å²) in [5, 5.41) is 6.35. The topological polar surface area (TPSA) is 50.4 Å². The van der Waals surface area contributed by atoms with Crippen molar-refractivity contribution < 1.29 is 9.53 Å². The number of nitrogens with one attached hydrogen (secondary N) is 2. The van der Waals surface area contributed by atoms with Crippen molar-refractivity contribution in [2.24, 2.45) is 5.92 Å². The van der Waals surface area contributed by atoms with Gasteiger partial charge in [-0.1, -0.05) is 0 Å². The maximum absolute atomic E-state index is 11.7. The highest BCUT2D eigenvalue weighted by Gasteiger charge is 2.18. The highest BCUT2D eigenvalue weighted by Crippen LogP contribution is 2.15. The van der Waals surface area contributed by atoms with Crippen LogP contribution in [0.1, 0.15) is 38.5 Å². The Morgan fingerprint density at radius 2 is 2.29 bits per heavy atom. The zero-order valence-electron chi connectivity index (χ0n) is 10.5. The molecular weight excluding hydrogens is 216 g/mol. The lowest BCUT2D eigenvalue weighted by atomic mass is 9.96. The van der Waals surface area contributed by atoms with E-state index >= 15 is 0 Å². The molecule has 0 radical (unpaired) electrons. The van der Waals surface area contributed by atoms with Gasteiger partial charge in [-0.2, -0.15) is 0 Å². The van der Waals surface area contributed by atoms with Crippen molar-refractivity contribution in [3.63, 3.8) is 0 Å². The van der Waals surface area contributed by atoms with E-state index in [4.69, 9.17) is 4.74 Å². The third-order valence-corrected chi connectivity index (χ3v) is 3.69. The lowest BCUT2D eigenvalue weighted by Gasteiger charge is -2.22. The van der Waals surface area contributed by atoms with Gasteiger partial charge in [0.2, 0.25) is 5.91 Å². The van der Waals surface area contributed by atoms with Gasteiger partial charge < -0.3 is 15.4 Å². The maximum atomic E-state index is 11.7. The van der Waals surface area contributed by atoms with Crippen LogP contribution in [0, 0.1) is 5.92 Å². The molecule has 4 nitrogen and oxygen atoms in total. The first-order chi connectivity index (χ1) is 8.34. The predicted molar refractivity (Wildman–Crippen MR) is 66.8 cm³/mol. The van der Waals surface area contributed by atoms with E-state index in [0.29, 0.717) is 18.4 Å². The van der Waals surface area contributed by atoms with Gasteiger partial charge in [0.25, 0.3) is 0 Å². The fraction of sp³-hybridized carbons (Fsp3) is 0.923. The zero-order valence-corrected chi connectivity index (χ0v) is 10.5. The van der Waals surface area contributed by atoms with E-state index in [1.54, 1.807) is 0 Å². The Morgan fingerprint density at radius 1 is 1.35 bits per heavy atom. The van der Waals surface area contributed by atoms with Crippen molar-refractivity contribution in [2.75, 3.05) is 26.2 Å². The smallest absolute Gasteiger partial charge is 0.220 e. The Bertz CT molecular complexity index is 234. The van der Waals surface area contributed by atoms with E-state index in [-0.39, 0.29) is 5.91 Å². The van der Waals surface area contributed by atoms with Crippen LogP contribution in [0.3, 0.4) is 0 Å². The molecule has 2 atom stereocenters. The van der Waals surface area contributed by atoms with Crippen molar-refractivity contribution in [3.8, 4) is 0 Å². The number of rotatable bonds is 5. The summed E-state index contributed by atoms with van der Waals surface area (Å²) in [6, 6.07) is 0. The van der Waals surface area contributed by atoms with Crippen molar-refractivity contribution in [2.45, 2.75) is 44.6 Å².